The van der Waals surface area contributed by atoms with Gasteiger partial charge in [-0.3, -0.25) is 9.36 Å². The van der Waals surface area contributed by atoms with Crippen LogP contribution in [0.25, 0.3) is 0 Å². The number of hydrogen-bond acceptors (Lipinski definition) is 6. The first-order valence-corrected chi connectivity index (χ1v) is 4.93. The highest BCUT2D eigenvalue weighted by Crippen LogP contribution is 2.20. The highest BCUT2D eigenvalue weighted by atomic mass is 16.6. The van der Waals surface area contributed by atoms with Gasteiger partial charge in [0.1, 0.15) is 6.54 Å². The molecule has 0 fully saturated rings. The van der Waals surface area contributed by atoms with Crippen molar-refractivity contribution in [1.82, 2.24) is 4.57 Å². The molecule has 0 bridgehead atoms. The van der Waals surface area contributed by atoms with Crippen LogP contribution in [0.4, 0.5) is 0 Å². The second kappa shape index (κ2) is 5.78. The molecule has 0 radical (unpaired) electrons. The van der Waals surface area contributed by atoms with Crippen LogP contribution in [-0.2, 0) is 25.6 Å². The summed E-state index contributed by atoms with van der Waals surface area (Å²) in [5.74, 6) is -1.95. The smallest absolute Gasteiger partial charge is 0.344 e. The Morgan fingerprint density at radius 3 is 2.29 bits per heavy atom. The molecule has 0 unspecified atom stereocenters. The summed E-state index contributed by atoms with van der Waals surface area (Å²) in [5, 5.41) is 18.5. The first kappa shape index (κ1) is 12.9. The summed E-state index contributed by atoms with van der Waals surface area (Å²) in [6.07, 6.45) is 0. The van der Waals surface area contributed by atoms with Gasteiger partial charge in [-0.15, -0.1) is 0 Å². The van der Waals surface area contributed by atoms with Gasteiger partial charge in [0.15, 0.2) is 18.4 Å². The molecule has 0 spiro atoms. The van der Waals surface area contributed by atoms with Crippen LogP contribution in [0.2, 0.25) is 0 Å². The van der Waals surface area contributed by atoms with Gasteiger partial charge in [0.2, 0.25) is 0 Å². The minimum atomic E-state index is -0.764. The van der Waals surface area contributed by atoms with E-state index in [4.69, 9.17) is 0 Å². The standard InChI is InChI=1S/C10H13NO6/c1-2-16-10(15)6-17-9(14)5-11-7(12)3-4-8(11)13/h3-4,12-13H,2,5-6H2,1H3. The Bertz CT molecular complexity index is 391. The summed E-state index contributed by atoms with van der Waals surface area (Å²) < 4.78 is 10.1. The van der Waals surface area contributed by atoms with E-state index in [1.54, 1.807) is 6.92 Å². The molecule has 1 aromatic rings. The number of esters is 2. The molecule has 7 heteroatoms. The summed E-state index contributed by atoms with van der Waals surface area (Å²) in [6, 6.07) is 2.46. The normalized spacial score (nSPS) is 9.94. The third-order valence-electron chi connectivity index (χ3n) is 1.88. The maximum Gasteiger partial charge on any atom is 0.344 e. The van der Waals surface area contributed by atoms with Crippen LogP contribution in [0.5, 0.6) is 11.8 Å². The van der Waals surface area contributed by atoms with E-state index in [9.17, 15) is 19.8 Å². The molecule has 0 aliphatic heterocycles. The van der Waals surface area contributed by atoms with Crippen molar-refractivity contribution in [2.24, 2.45) is 0 Å². The lowest BCUT2D eigenvalue weighted by molar-refractivity contribution is -0.158. The summed E-state index contributed by atoms with van der Waals surface area (Å²) in [6.45, 7) is 0.963. The Morgan fingerprint density at radius 1 is 1.18 bits per heavy atom. The Labute approximate surface area is 97.2 Å². The number of ether oxygens (including phenoxy) is 2. The summed E-state index contributed by atoms with van der Waals surface area (Å²) >= 11 is 0. The lowest BCUT2D eigenvalue weighted by Gasteiger charge is -2.07. The van der Waals surface area contributed by atoms with Crippen molar-refractivity contribution in [2.45, 2.75) is 13.5 Å². The highest BCUT2D eigenvalue weighted by molar-refractivity contribution is 5.76. The summed E-state index contributed by atoms with van der Waals surface area (Å²) in [5.41, 5.74) is 0. The van der Waals surface area contributed by atoms with E-state index in [-0.39, 0.29) is 24.9 Å². The van der Waals surface area contributed by atoms with E-state index in [0.29, 0.717) is 0 Å². The van der Waals surface area contributed by atoms with E-state index in [2.05, 4.69) is 9.47 Å². The molecule has 0 saturated carbocycles. The maximum atomic E-state index is 11.3. The molecule has 0 amide bonds. The first-order chi connectivity index (χ1) is 8.04. The van der Waals surface area contributed by atoms with Crippen LogP contribution in [0.1, 0.15) is 6.92 Å². The molecular formula is C10H13NO6. The van der Waals surface area contributed by atoms with E-state index in [1.165, 1.54) is 12.1 Å². The lowest BCUT2D eigenvalue weighted by atomic mass is 10.6. The number of rotatable bonds is 5. The third-order valence-corrected chi connectivity index (χ3v) is 1.88. The van der Waals surface area contributed by atoms with Crippen molar-refractivity contribution in [3.63, 3.8) is 0 Å². The van der Waals surface area contributed by atoms with Crippen molar-refractivity contribution >= 4 is 11.9 Å². The van der Waals surface area contributed by atoms with Crippen LogP contribution >= 0.6 is 0 Å². The average Bonchev–Trinajstić information content (AvgIpc) is 2.58. The van der Waals surface area contributed by atoms with Crippen molar-refractivity contribution in [2.75, 3.05) is 13.2 Å². The number of carbonyl (C=O) groups excluding carboxylic acids is 2. The van der Waals surface area contributed by atoms with Crippen LogP contribution in [0.3, 0.4) is 0 Å². The second-order valence-electron chi connectivity index (χ2n) is 3.10. The maximum absolute atomic E-state index is 11.3. The third kappa shape index (κ3) is 3.71. The van der Waals surface area contributed by atoms with Crippen LogP contribution in [-0.4, -0.2) is 39.9 Å². The fraction of sp³-hybridized carbons (Fsp3) is 0.400. The van der Waals surface area contributed by atoms with Gasteiger partial charge in [0.25, 0.3) is 0 Å². The predicted octanol–water partition coefficient (Wildman–Crippen LogP) is 0.00560. The van der Waals surface area contributed by atoms with Gasteiger partial charge < -0.3 is 19.7 Å². The second-order valence-corrected chi connectivity index (χ2v) is 3.10. The Hall–Kier alpha value is -2.18. The van der Waals surface area contributed by atoms with Gasteiger partial charge in [0, 0.05) is 12.1 Å². The molecule has 17 heavy (non-hydrogen) atoms. The van der Waals surface area contributed by atoms with Crippen molar-refractivity contribution in [3.8, 4) is 11.8 Å². The molecule has 1 aromatic heterocycles. The number of aromatic hydroxyl groups is 2. The van der Waals surface area contributed by atoms with E-state index in [1.807, 2.05) is 0 Å². The number of carbonyl (C=O) groups is 2. The Morgan fingerprint density at radius 2 is 1.76 bits per heavy atom. The fourth-order valence-electron chi connectivity index (χ4n) is 1.13. The molecule has 0 saturated heterocycles. The van der Waals surface area contributed by atoms with Gasteiger partial charge in [0.05, 0.1) is 6.61 Å². The molecule has 0 aromatic carbocycles. The number of aromatic nitrogens is 1. The zero-order valence-corrected chi connectivity index (χ0v) is 9.25. The van der Waals surface area contributed by atoms with Gasteiger partial charge in [-0.05, 0) is 6.92 Å². The lowest BCUT2D eigenvalue weighted by Crippen LogP contribution is -2.19. The highest BCUT2D eigenvalue weighted by Gasteiger charge is 2.13. The molecule has 0 atom stereocenters. The molecule has 0 aliphatic rings. The summed E-state index contributed by atoms with van der Waals surface area (Å²) in [7, 11) is 0. The largest absolute Gasteiger partial charge is 0.494 e. The Balaban J connectivity index is 2.43. The van der Waals surface area contributed by atoms with Crippen molar-refractivity contribution in [1.29, 1.82) is 0 Å². The van der Waals surface area contributed by atoms with Gasteiger partial charge in [-0.25, -0.2) is 4.79 Å². The molecule has 7 nitrogen and oxygen atoms in total. The zero-order valence-electron chi connectivity index (χ0n) is 9.25. The van der Waals surface area contributed by atoms with Gasteiger partial charge in [-0.2, -0.15) is 0 Å². The zero-order chi connectivity index (χ0) is 12.8. The SMILES string of the molecule is CCOC(=O)COC(=O)Cn1c(O)ccc1O. The number of nitrogens with zero attached hydrogens (tertiary/aromatic N) is 1. The van der Waals surface area contributed by atoms with Crippen LogP contribution in [0.15, 0.2) is 12.1 Å². The predicted molar refractivity (Wildman–Crippen MR) is 55.4 cm³/mol. The molecule has 1 rings (SSSR count). The minimum absolute atomic E-state index is 0.204. The molecule has 2 N–H and O–H groups in total. The van der Waals surface area contributed by atoms with E-state index >= 15 is 0 Å². The fourth-order valence-corrected chi connectivity index (χ4v) is 1.13. The van der Waals surface area contributed by atoms with Crippen molar-refractivity contribution < 1.29 is 29.3 Å². The number of hydrogen-bond donors (Lipinski definition) is 2. The van der Waals surface area contributed by atoms with E-state index < -0.39 is 18.5 Å². The van der Waals surface area contributed by atoms with Crippen molar-refractivity contribution in [3.05, 3.63) is 12.1 Å². The molecule has 94 valence electrons. The quantitative estimate of drug-likeness (QED) is 0.707. The van der Waals surface area contributed by atoms with Crippen LogP contribution in [0, 0.1) is 0 Å². The minimum Gasteiger partial charge on any atom is -0.494 e. The summed E-state index contributed by atoms with van der Waals surface area (Å²) in [4.78, 5) is 22.1. The molecule has 1 heterocycles. The topological polar surface area (TPSA) is 98.0 Å². The van der Waals surface area contributed by atoms with E-state index in [0.717, 1.165) is 4.57 Å². The molecular weight excluding hydrogens is 230 g/mol. The Kier molecular flexibility index (Phi) is 4.38. The van der Waals surface area contributed by atoms with Gasteiger partial charge >= 0.3 is 11.9 Å². The van der Waals surface area contributed by atoms with Crippen LogP contribution < -0.4 is 0 Å². The average molecular weight is 243 g/mol. The monoisotopic (exact) mass is 243 g/mol. The first-order valence-electron chi connectivity index (χ1n) is 4.93. The van der Waals surface area contributed by atoms with Gasteiger partial charge in [-0.1, -0.05) is 0 Å². The molecule has 0 aliphatic carbocycles.